The van der Waals surface area contributed by atoms with Crippen molar-refractivity contribution in [1.29, 1.82) is 0 Å². The number of hydrogen-bond donors (Lipinski definition) is 1. The van der Waals surface area contributed by atoms with Gasteiger partial charge in [-0.05, 0) is 30.4 Å². The summed E-state index contributed by atoms with van der Waals surface area (Å²) in [7, 11) is 0. The quantitative estimate of drug-likeness (QED) is 0.575. The van der Waals surface area contributed by atoms with Crippen molar-refractivity contribution in [2.24, 2.45) is 5.92 Å². The Hall–Kier alpha value is -0.980. The molecule has 0 saturated carbocycles. The monoisotopic (exact) mass is 161 g/mol. The van der Waals surface area contributed by atoms with E-state index in [0.717, 1.165) is 6.54 Å². The Balaban J connectivity index is 2.28. The van der Waals surface area contributed by atoms with Crippen LogP contribution in [0.2, 0.25) is 0 Å². The number of allylic oxidation sites excluding steroid dienone is 5. The minimum absolute atomic E-state index is 0.591. The largest absolute Gasteiger partial charge is 0.385 e. The normalized spacial score (nSPS) is 27.9. The van der Waals surface area contributed by atoms with Crippen molar-refractivity contribution in [1.82, 2.24) is 5.32 Å². The predicted molar refractivity (Wildman–Crippen MR) is 51.7 cm³/mol. The predicted octanol–water partition coefficient (Wildman–Crippen LogP) is 2.39. The Morgan fingerprint density at radius 1 is 1.50 bits per heavy atom. The molecule has 1 heterocycles. The third kappa shape index (κ3) is 1.45. The summed E-state index contributed by atoms with van der Waals surface area (Å²) in [5.74, 6) is 0.591. The average molecular weight is 161 g/mol. The van der Waals surface area contributed by atoms with E-state index in [1.54, 1.807) is 0 Å². The third-order valence-electron chi connectivity index (χ3n) is 2.43. The highest BCUT2D eigenvalue weighted by molar-refractivity contribution is 5.37. The zero-order valence-corrected chi connectivity index (χ0v) is 7.51. The second-order valence-electron chi connectivity index (χ2n) is 3.55. The van der Waals surface area contributed by atoms with E-state index in [2.05, 4.69) is 36.5 Å². The Bertz CT molecular complexity index is 258. The van der Waals surface area contributed by atoms with E-state index in [9.17, 15) is 0 Å². The molecule has 12 heavy (non-hydrogen) atoms. The Kier molecular flexibility index (Phi) is 2.03. The van der Waals surface area contributed by atoms with Gasteiger partial charge in [-0.3, -0.25) is 0 Å². The van der Waals surface area contributed by atoms with Gasteiger partial charge >= 0.3 is 0 Å². The van der Waals surface area contributed by atoms with Gasteiger partial charge in [0.1, 0.15) is 0 Å². The molecule has 0 radical (unpaired) electrons. The van der Waals surface area contributed by atoms with Gasteiger partial charge in [-0.1, -0.05) is 25.2 Å². The van der Waals surface area contributed by atoms with Crippen LogP contribution in [0.15, 0.2) is 35.6 Å². The van der Waals surface area contributed by atoms with Crippen molar-refractivity contribution >= 4 is 0 Å². The maximum atomic E-state index is 3.42. The molecule has 0 bridgehead atoms. The van der Waals surface area contributed by atoms with Gasteiger partial charge in [0.15, 0.2) is 0 Å². The molecule has 0 spiro atoms. The average Bonchev–Trinajstić information content (AvgIpc) is 2.25. The SMILES string of the molecule is CC1C=CC=C2NCCCC2=C1. The number of hydrogen-bond acceptors (Lipinski definition) is 1. The second kappa shape index (κ2) is 3.18. The van der Waals surface area contributed by atoms with Crippen LogP contribution < -0.4 is 5.32 Å². The maximum Gasteiger partial charge on any atom is 0.0369 e. The lowest BCUT2D eigenvalue weighted by Gasteiger charge is -2.20. The fourth-order valence-electron chi connectivity index (χ4n) is 1.79. The molecule has 0 aromatic heterocycles. The molecule has 1 saturated heterocycles. The summed E-state index contributed by atoms with van der Waals surface area (Å²) < 4.78 is 0. The van der Waals surface area contributed by atoms with Gasteiger partial charge in [-0.15, -0.1) is 0 Å². The van der Waals surface area contributed by atoms with Crippen molar-refractivity contribution < 1.29 is 0 Å². The van der Waals surface area contributed by atoms with E-state index in [4.69, 9.17) is 0 Å². The number of fused-ring (bicyclic) bond motifs is 1. The first-order chi connectivity index (χ1) is 5.86. The standard InChI is InChI=1S/C11H15N/c1-9-4-2-6-11-10(8-9)5-3-7-12-11/h2,4,6,8-9,12H,3,5,7H2,1H3. The smallest absolute Gasteiger partial charge is 0.0369 e. The van der Waals surface area contributed by atoms with Crippen LogP contribution in [-0.2, 0) is 0 Å². The molecule has 1 fully saturated rings. The zero-order chi connectivity index (χ0) is 8.39. The Labute approximate surface area is 73.9 Å². The lowest BCUT2D eigenvalue weighted by molar-refractivity contribution is 0.664. The summed E-state index contributed by atoms with van der Waals surface area (Å²) in [6.07, 6.45) is 11.5. The molecule has 1 N–H and O–H groups in total. The molecule has 1 aliphatic heterocycles. The first kappa shape index (κ1) is 7.66. The maximum absolute atomic E-state index is 3.42. The highest BCUT2D eigenvalue weighted by Crippen LogP contribution is 2.23. The van der Waals surface area contributed by atoms with Gasteiger partial charge in [-0.2, -0.15) is 0 Å². The molecular weight excluding hydrogens is 146 g/mol. The van der Waals surface area contributed by atoms with Gasteiger partial charge in [0.2, 0.25) is 0 Å². The molecule has 1 unspecified atom stereocenters. The topological polar surface area (TPSA) is 12.0 Å². The van der Waals surface area contributed by atoms with E-state index in [1.807, 2.05) is 0 Å². The lowest BCUT2D eigenvalue weighted by Crippen LogP contribution is -2.21. The molecule has 64 valence electrons. The van der Waals surface area contributed by atoms with Crippen molar-refractivity contribution in [2.45, 2.75) is 19.8 Å². The van der Waals surface area contributed by atoms with Gasteiger partial charge in [0, 0.05) is 12.2 Å². The summed E-state index contributed by atoms with van der Waals surface area (Å²) in [6, 6.07) is 0. The first-order valence-corrected chi connectivity index (χ1v) is 4.70. The molecular formula is C11H15N. The molecule has 0 amide bonds. The summed E-state index contributed by atoms with van der Waals surface area (Å²) in [5.41, 5.74) is 2.83. The van der Waals surface area contributed by atoms with Crippen molar-refractivity contribution in [3.05, 3.63) is 35.6 Å². The number of rotatable bonds is 0. The fraction of sp³-hybridized carbons (Fsp3) is 0.455. The summed E-state index contributed by atoms with van der Waals surface area (Å²) >= 11 is 0. The van der Waals surface area contributed by atoms with E-state index in [-0.39, 0.29) is 0 Å². The minimum atomic E-state index is 0.591. The highest BCUT2D eigenvalue weighted by Gasteiger charge is 2.11. The molecule has 1 heteroatoms. The fourth-order valence-corrected chi connectivity index (χ4v) is 1.79. The van der Waals surface area contributed by atoms with Crippen LogP contribution in [-0.4, -0.2) is 6.54 Å². The van der Waals surface area contributed by atoms with Crippen molar-refractivity contribution in [3.8, 4) is 0 Å². The zero-order valence-electron chi connectivity index (χ0n) is 7.51. The Morgan fingerprint density at radius 2 is 2.42 bits per heavy atom. The second-order valence-corrected chi connectivity index (χ2v) is 3.55. The van der Waals surface area contributed by atoms with Gasteiger partial charge in [0.25, 0.3) is 0 Å². The van der Waals surface area contributed by atoms with Gasteiger partial charge in [-0.25, -0.2) is 0 Å². The van der Waals surface area contributed by atoms with E-state index < -0.39 is 0 Å². The summed E-state index contributed by atoms with van der Waals surface area (Å²) in [5, 5.41) is 3.42. The van der Waals surface area contributed by atoms with Crippen LogP contribution in [0.3, 0.4) is 0 Å². The third-order valence-corrected chi connectivity index (χ3v) is 2.43. The van der Waals surface area contributed by atoms with E-state index >= 15 is 0 Å². The summed E-state index contributed by atoms with van der Waals surface area (Å²) in [6.45, 7) is 3.36. The number of nitrogens with one attached hydrogen (secondary N) is 1. The molecule has 2 aliphatic rings. The van der Waals surface area contributed by atoms with Gasteiger partial charge in [0.05, 0.1) is 0 Å². The molecule has 0 aromatic carbocycles. The van der Waals surface area contributed by atoms with E-state index in [0.29, 0.717) is 5.92 Å². The first-order valence-electron chi connectivity index (χ1n) is 4.70. The van der Waals surface area contributed by atoms with Crippen molar-refractivity contribution in [3.63, 3.8) is 0 Å². The Morgan fingerprint density at radius 3 is 3.33 bits per heavy atom. The van der Waals surface area contributed by atoms with Gasteiger partial charge < -0.3 is 5.32 Å². The van der Waals surface area contributed by atoms with Crippen LogP contribution in [0.25, 0.3) is 0 Å². The van der Waals surface area contributed by atoms with Crippen molar-refractivity contribution in [2.75, 3.05) is 6.54 Å². The summed E-state index contributed by atoms with van der Waals surface area (Å²) in [4.78, 5) is 0. The van der Waals surface area contributed by atoms with Crippen LogP contribution in [0.1, 0.15) is 19.8 Å². The molecule has 1 aliphatic carbocycles. The van der Waals surface area contributed by atoms with Crippen LogP contribution in [0, 0.1) is 5.92 Å². The molecule has 1 atom stereocenters. The number of piperidine rings is 1. The molecule has 1 nitrogen and oxygen atoms in total. The van der Waals surface area contributed by atoms with E-state index in [1.165, 1.54) is 24.1 Å². The van der Waals surface area contributed by atoms with Crippen LogP contribution >= 0.6 is 0 Å². The highest BCUT2D eigenvalue weighted by atomic mass is 14.9. The lowest BCUT2D eigenvalue weighted by atomic mass is 9.99. The van der Waals surface area contributed by atoms with Crippen LogP contribution in [0.5, 0.6) is 0 Å². The minimum Gasteiger partial charge on any atom is -0.385 e. The molecule has 2 rings (SSSR count). The molecule has 0 aromatic rings. The van der Waals surface area contributed by atoms with Crippen LogP contribution in [0.4, 0.5) is 0 Å².